The Balaban J connectivity index is 2.16. The molecular weight excluding hydrogens is 327 g/mol. The van der Waals surface area contributed by atoms with Crippen molar-refractivity contribution in [3.05, 3.63) is 87.9 Å². The second kappa shape index (κ2) is 7.14. The molecule has 0 saturated heterocycles. The highest BCUT2D eigenvalue weighted by Crippen LogP contribution is 2.28. The number of halogens is 1. The van der Waals surface area contributed by atoms with Crippen LogP contribution in [-0.4, -0.2) is 15.2 Å². The molecule has 0 amide bonds. The van der Waals surface area contributed by atoms with Gasteiger partial charge in [0.2, 0.25) is 5.43 Å². The van der Waals surface area contributed by atoms with E-state index >= 15 is 0 Å². The number of hydrogen-bond acceptors (Lipinski definition) is 6. The molecule has 2 aromatic heterocycles. The normalized spacial score (nSPS) is 11.9. The SMILES string of the molecule is O=c1c(O)coc(CO)c1[C@H](Nc1ccccn1)c1ccc(F)cc1. The molecule has 6 nitrogen and oxygen atoms in total. The Morgan fingerprint density at radius 2 is 1.96 bits per heavy atom. The Kier molecular flexibility index (Phi) is 4.76. The van der Waals surface area contributed by atoms with Crippen LogP contribution in [0.15, 0.2) is 64.1 Å². The lowest BCUT2D eigenvalue weighted by Crippen LogP contribution is -2.23. The van der Waals surface area contributed by atoms with Gasteiger partial charge in [0.15, 0.2) is 5.75 Å². The fourth-order valence-electron chi connectivity index (χ4n) is 2.50. The van der Waals surface area contributed by atoms with Crippen molar-refractivity contribution in [2.45, 2.75) is 12.6 Å². The minimum absolute atomic E-state index is 0.000515. The van der Waals surface area contributed by atoms with Gasteiger partial charge in [-0.1, -0.05) is 18.2 Å². The summed E-state index contributed by atoms with van der Waals surface area (Å²) in [5, 5.41) is 22.3. The summed E-state index contributed by atoms with van der Waals surface area (Å²) in [6.45, 7) is -0.535. The van der Waals surface area contributed by atoms with Gasteiger partial charge in [0.25, 0.3) is 0 Å². The number of aliphatic hydroxyl groups is 1. The number of rotatable bonds is 5. The van der Waals surface area contributed by atoms with Crippen molar-refractivity contribution in [2.75, 3.05) is 5.32 Å². The molecule has 0 aliphatic rings. The zero-order valence-corrected chi connectivity index (χ0v) is 13.0. The van der Waals surface area contributed by atoms with Crippen LogP contribution in [0.1, 0.15) is 22.9 Å². The number of nitrogens with zero attached hydrogens (tertiary/aromatic N) is 1. The van der Waals surface area contributed by atoms with E-state index in [1.807, 2.05) is 0 Å². The highest BCUT2D eigenvalue weighted by molar-refractivity contribution is 5.46. The Labute approximate surface area is 142 Å². The maximum atomic E-state index is 13.3. The van der Waals surface area contributed by atoms with Gasteiger partial charge < -0.3 is 19.9 Å². The maximum absolute atomic E-state index is 13.3. The topological polar surface area (TPSA) is 95.6 Å². The lowest BCUT2D eigenvalue weighted by Gasteiger charge is -2.21. The average molecular weight is 342 g/mol. The molecule has 0 bridgehead atoms. The quantitative estimate of drug-likeness (QED) is 0.660. The maximum Gasteiger partial charge on any atom is 0.232 e. The molecule has 3 aromatic rings. The summed E-state index contributed by atoms with van der Waals surface area (Å²) in [7, 11) is 0. The van der Waals surface area contributed by atoms with Crippen LogP contribution in [0.3, 0.4) is 0 Å². The molecule has 0 aliphatic carbocycles. The summed E-state index contributed by atoms with van der Waals surface area (Å²) in [5.74, 6) is -0.545. The van der Waals surface area contributed by atoms with Crippen LogP contribution < -0.4 is 10.7 Å². The molecule has 0 radical (unpaired) electrons. The van der Waals surface area contributed by atoms with Crippen LogP contribution in [-0.2, 0) is 6.61 Å². The fourth-order valence-corrected chi connectivity index (χ4v) is 2.50. The number of pyridine rings is 1. The fraction of sp³-hybridized carbons (Fsp3) is 0.111. The van der Waals surface area contributed by atoms with E-state index in [1.54, 1.807) is 24.4 Å². The first-order chi connectivity index (χ1) is 12.1. The Morgan fingerprint density at radius 3 is 2.60 bits per heavy atom. The van der Waals surface area contributed by atoms with Crippen LogP contribution in [0.2, 0.25) is 0 Å². The summed E-state index contributed by atoms with van der Waals surface area (Å²) >= 11 is 0. The molecule has 3 N–H and O–H groups in total. The molecule has 1 aromatic carbocycles. The summed E-state index contributed by atoms with van der Waals surface area (Å²) in [5.41, 5.74) is -0.118. The Bertz CT molecular complexity index is 911. The molecule has 3 rings (SSSR count). The number of aliphatic hydroxyl groups excluding tert-OH is 1. The number of nitrogens with one attached hydrogen (secondary N) is 1. The number of anilines is 1. The highest BCUT2D eigenvalue weighted by atomic mass is 19.1. The van der Waals surface area contributed by atoms with E-state index in [0.29, 0.717) is 11.4 Å². The summed E-state index contributed by atoms with van der Waals surface area (Å²) in [6, 6.07) is 9.90. The molecule has 0 aliphatic heterocycles. The molecule has 128 valence electrons. The van der Waals surface area contributed by atoms with Crippen LogP contribution in [0.5, 0.6) is 5.75 Å². The Hall–Kier alpha value is -3.19. The third-order valence-electron chi connectivity index (χ3n) is 3.68. The predicted octanol–water partition coefficient (Wildman–Crippen LogP) is 2.57. The number of benzene rings is 1. The van der Waals surface area contributed by atoms with Gasteiger partial charge >= 0.3 is 0 Å². The first-order valence-electron chi connectivity index (χ1n) is 7.47. The predicted molar refractivity (Wildman–Crippen MR) is 88.7 cm³/mol. The number of aromatic hydroxyl groups is 1. The molecule has 2 heterocycles. The smallest absolute Gasteiger partial charge is 0.232 e. The van der Waals surface area contributed by atoms with E-state index in [1.165, 1.54) is 24.3 Å². The Morgan fingerprint density at radius 1 is 1.20 bits per heavy atom. The lowest BCUT2D eigenvalue weighted by atomic mass is 9.97. The summed E-state index contributed by atoms with van der Waals surface area (Å²) < 4.78 is 18.4. The van der Waals surface area contributed by atoms with Gasteiger partial charge in [-0.3, -0.25) is 4.79 Å². The van der Waals surface area contributed by atoms with Crippen molar-refractivity contribution in [1.29, 1.82) is 0 Å². The van der Waals surface area contributed by atoms with Crippen LogP contribution in [0.25, 0.3) is 0 Å². The van der Waals surface area contributed by atoms with E-state index in [4.69, 9.17) is 4.42 Å². The minimum Gasteiger partial charge on any atom is -0.502 e. The summed E-state index contributed by atoms with van der Waals surface area (Å²) in [4.78, 5) is 16.6. The van der Waals surface area contributed by atoms with Gasteiger partial charge in [-0.2, -0.15) is 0 Å². The average Bonchev–Trinajstić information content (AvgIpc) is 2.64. The molecule has 0 unspecified atom stereocenters. The third kappa shape index (κ3) is 3.51. The van der Waals surface area contributed by atoms with Gasteiger partial charge in [-0.25, -0.2) is 9.37 Å². The second-order valence-corrected chi connectivity index (χ2v) is 5.29. The van der Waals surface area contributed by atoms with E-state index in [0.717, 1.165) is 6.26 Å². The highest BCUT2D eigenvalue weighted by Gasteiger charge is 2.24. The van der Waals surface area contributed by atoms with Crippen molar-refractivity contribution in [1.82, 2.24) is 4.98 Å². The summed E-state index contributed by atoms with van der Waals surface area (Å²) in [6.07, 6.45) is 2.45. The van der Waals surface area contributed by atoms with E-state index in [-0.39, 0.29) is 11.3 Å². The minimum atomic E-state index is -0.805. The van der Waals surface area contributed by atoms with E-state index < -0.39 is 29.6 Å². The largest absolute Gasteiger partial charge is 0.502 e. The zero-order valence-electron chi connectivity index (χ0n) is 13.0. The molecule has 0 saturated carbocycles. The zero-order chi connectivity index (χ0) is 17.8. The van der Waals surface area contributed by atoms with Crippen molar-refractivity contribution in [2.24, 2.45) is 0 Å². The van der Waals surface area contributed by atoms with Crippen molar-refractivity contribution < 1.29 is 19.0 Å². The molecule has 25 heavy (non-hydrogen) atoms. The molecule has 7 heteroatoms. The number of hydrogen-bond donors (Lipinski definition) is 3. The van der Waals surface area contributed by atoms with Crippen molar-refractivity contribution >= 4 is 5.82 Å². The molecular formula is C18H15FN2O4. The third-order valence-corrected chi connectivity index (χ3v) is 3.68. The van der Waals surface area contributed by atoms with E-state index in [9.17, 15) is 19.4 Å². The van der Waals surface area contributed by atoms with Crippen LogP contribution in [0.4, 0.5) is 10.2 Å². The van der Waals surface area contributed by atoms with Crippen LogP contribution >= 0.6 is 0 Å². The second-order valence-electron chi connectivity index (χ2n) is 5.29. The van der Waals surface area contributed by atoms with Crippen molar-refractivity contribution in [3.63, 3.8) is 0 Å². The molecule has 0 spiro atoms. The van der Waals surface area contributed by atoms with Crippen LogP contribution in [0, 0.1) is 5.82 Å². The molecule has 1 atom stereocenters. The van der Waals surface area contributed by atoms with E-state index in [2.05, 4.69) is 10.3 Å². The monoisotopic (exact) mass is 342 g/mol. The van der Waals surface area contributed by atoms with Gasteiger partial charge in [0.05, 0.1) is 11.6 Å². The standard InChI is InChI=1S/C18H15FN2O4/c19-12-6-4-11(5-7-12)17(21-15-3-1-2-8-20-15)16-14(9-22)25-10-13(23)18(16)24/h1-8,10,17,22-23H,9H2,(H,20,21)/t17-/m1/s1. The van der Waals surface area contributed by atoms with Crippen molar-refractivity contribution in [3.8, 4) is 5.75 Å². The van der Waals surface area contributed by atoms with Gasteiger partial charge in [0.1, 0.15) is 30.3 Å². The first kappa shape index (κ1) is 16.7. The van der Waals surface area contributed by atoms with Gasteiger partial charge in [-0.05, 0) is 29.8 Å². The number of aromatic nitrogens is 1. The van der Waals surface area contributed by atoms with Gasteiger partial charge in [0, 0.05) is 6.20 Å². The lowest BCUT2D eigenvalue weighted by molar-refractivity contribution is 0.238. The first-order valence-corrected chi connectivity index (χ1v) is 7.47. The molecule has 0 fully saturated rings. The van der Waals surface area contributed by atoms with Gasteiger partial charge in [-0.15, -0.1) is 0 Å².